The molecule has 0 unspecified atom stereocenters. The summed E-state index contributed by atoms with van der Waals surface area (Å²) in [5.41, 5.74) is -1.11. The van der Waals surface area contributed by atoms with Crippen molar-refractivity contribution in [2.75, 3.05) is 0 Å². The molecule has 0 amide bonds. The van der Waals surface area contributed by atoms with Crippen LogP contribution in [-0.2, 0) is 18.3 Å². The highest BCUT2D eigenvalue weighted by molar-refractivity contribution is 5.88. The van der Waals surface area contributed by atoms with Gasteiger partial charge in [-0.15, -0.1) is 0 Å². The molecule has 5 heteroatoms. The molecule has 15 heavy (non-hydrogen) atoms. The van der Waals surface area contributed by atoms with Crippen LogP contribution in [0.5, 0.6) is 0 Å². The minimum atomic E-state index is -1.11. The summed E-state index contributed by atoms with van der Waals surface area (Å²) in [5, 5.41) is 13.9. The Morgan fingerprint density at radius 1 is 1.60 bits per heavy atom. The molecule has 0 bridgehead atoms. The monoisotopic (exact) mass is 209 g/mol. The average Bonchev–Trinajstić information content (AvgIpc) is 2.78. The molecule has 1 aliphatic rings. The van der Waals surface area contributed by atoms with Gasteiger partial charge < -0.3 is 5.11 Å². The Morgan fingerprint density at radius 3 is 2.80 bits per heavy atom. The predicted molar refractivity (Wildman–Crippen MR) is 53.1 cm³/mol. The van der Waals surface area contributed by atoms with E-state index in [-0.39, 0.29) is 12.2 Å². The third-order valence-electron chi connectivity index (χ3n) is 3.07. The van der Waals surface area contributed by atoms with Crippen LogP contribution in [0.25, 0.3) is 0 Å². The van der Waals surface area contributed by atoms with Gasteiger partial charge in [-0.3, -0.25) is 9.48 Å². The summed E-state index contributed by atoms with van der Waals surface area (Å²) in [6, 6.07) is 0. The molecule has 1 heterocycles. The molecule has 1 aromatic rings. The van der Waals surface area contributed by atoms with Crippen LogP contribution >= 0.6 is 0 Å². The number of rotatable bonds is 3. The van der Waals surface area contributed by atoms with Gasteiger partial charge >= 0.3 is 0 Å². The second-order valence-corrected chi connectivity index (χ2v) is 4.14. The van der Waals surface area contributed by atoms with Crippen LogP contribution < -0.4 is 0 Å². The molecule has 1 saturated carbocycles. The van der Waals surface area contributed by atoms with E-state index >= 15 is 0 Å². The van der Waals surface area contributed by atoms with Crippen LogP contribution in [0, 0.1) is 0 Å². The van der Waals surface area contributed by atoms with Crippen LogP contribution in [0.15, 0.2) is 6.33 Å². The minimum absolute atomic E-state index is 0.129. The number of hydrogen-bond donors (Lipinski definition) is 1. The van der Waals surface area contributed by atoms with Gasteiger partial charge in [-0.05, 0) is 25.7 Å². The second kappa shape index (κ2) is 3.73. The van der Waals surface area contributed by atoms with Crippen LogP contribution in [0.2, 0.25) is 0 Å². The third kappa shape index (κ3) is 1.92. The lowest BCUT2D eigenvalue weighted by Gasteiger charge is -2.19. The second-order valence-electron chi connectivity index (χ2n) is 4.14. The van der Waals surface area contributed by atoms with Gasteiger partial charge in [0.2, 0.25) is 0 Å². The maximum Gasteiger partial charge on any atom is 0.171 e. The van der Waals surface area contributed by atoms with Crippen molar-refractivity contribution in [3.8, 4) is 0 Å². The van der Waals surface area contributed by atoms with Gasteiger partial charge in [0, 0.05) is 7.05 Å². The van der Waals surface area contributed by atoms with Crippen molar-refractivity contribution < 1.29 is 9.90 Å². The van der Waals surface area contributed by atoms with Gasteiger partial charge in [0.1, 0.15) is 17.8 Å². The number of aliphatic hydroxyl groups is 1. The zero-order valence-corrected chi connectivity index (χ0v) is 8.81. The van der Waals surface area contributed by atoms with Crippen molar-refractivity contribution in [3.05, 3.63) is 12.2 Å². The van der Waals surface area contributed by atoms with Gasteiger partial charge in [-0.2, -0.15) is 5.10 Å². The molecule has 0 aliphatic heterocycles. The van der Waals surface area contributed by atoms with Gasteiger partial charge in [-0.1, -0.05) is 0 Å². The number of aromatic nitrogens is 3. The summed E-state index contributed by atoms with van der Waals surface area (Å²) >= 11 is 0. The van der Waals surface area contributed by atoms with E-state index < -0.39 is 5.60 Å². The molecule has 1 N–H and O–H groups in total. The SMILES string of the molecule is Cn1ncnc1CC(=O)C1(O)CCCC1. The van der Waals surface area contributed by atoms with Crippen LogP contribution in [-0.4, -0.2) is 31.3 Å². The van der Waals surface area contributed by atoms with Crippen LogP contribution in [0.3, 0.4) is 0 Å². The van der Waals surface area contributed by atoms with Crippen molar-refractivity contribution in [1.82, 2.24) is 14.8 Å². The van der Waals surface area contributed by atoms with Crippen molar-refractivity contribution >= 4 is 5.78 Å². The number of ketones is 1. The summed E-state index contributed by atoms with van der Waals surface area (Å²) in [4.78, 5) is 15.8. The fourth-order valence-corrected chi connectivity index (χ4v) is 2.03. The topological polar surface area (TPSA) is 68.0 Å². The molecule has 0 radical (unpaired) electrons. The number of carbonyl (C=O) groups is 1. The van der Waals surface area contributed by atoms with Crippen LogP contribution in [0.1, 0.15) is 31.5 Å². The van der Waals surface area contributed by atoms with Gasteiger partial charge in [0.05, 0.1) is 6.42 Å². The van der Waals surface area contributed by atoms with Gasteiger partial charge in [-0.25, -0.2) is 4.98 Å². The number of Topliss-reactive ketones (excluding diaryl/α,β-unsaturated/α-hetero) is 1. The summed E-state index contributed by atoms with van der Waals surface area (Å²) in [7, 11) is 1.74. The molecule has 1 aliphatic carbocycles. The van der Waals surface area contributed by atoms with E-state index in [1.807, 2.05) is 0 Å². The van der Waals surface area contributed by atoms with Gasteiger partial charge in [0.25, 0.3) is 0 Å². The minimum Gasteiger partial charge on any atom is -0.382 e. The molecular formula is C10H15N3O2. The Kier molecular flexibility index (Phi) is 2.56. The first-order chi connectivity index (χ1) is 7.12. The highest BCUT2D eigenvalue weighted by Gasteiger charge is 2.38. The molecule has 0 spiro atoms. The first kappa shape index (κ1) is 10.3. The number of aryl methyl sites for hydroxylation is 1. The number of carbonyl (C=O) groups excluding carboxylic acids is 1. The fraction of sp³-hybridized carbons (Fsp3) is 0.700. The largest absolute Gasteiger partial charge is 0.382 e. The first-order valence-corrected chi connectivity index (χ1v) is 5.20. The van der Waals surface area contributed by atoms with E-state index in [0.29, 0.717) is 18.7 Å². The van der Waals surface area contributed by atoms with Crippen LogP contribution in [0.4, 0.5) is 0 Å². The summed E-state index contributed by atoms with van der Waals surface area (Å²) in [6.07, 6.45) is 4.63. The summed E-state index contributed by atoms with van der Waals surface area (Å²) in [6.45, 7) is 0. The maximum atomic E-state index is 11.9. The lowest BCUT2D eigenvalue weighted by Crippen LogP contribution is -2.37. The Morgan fingerprint density at radius 2 is 2.27 bits per heavy atom. The highest BCUT2D eigenvalue weighted by atomic mass is 16.3. The van der Waals surface area contributed by atoms with E-state index in [4.69, 9.17) is 0 Å². The Bertz CT molecular complexity index is 366. The van der Waals surface area contributed by atoms with E-state index in [1.54, 1.807) is 11.7 Å². The molecule has 1 fully saturated rings. The fourth-order valence-electron chi connectivity index (χ4n) is 2.03. The predicted octanol–water partition coefficient (Wildman–Crippen LogP) is 0.232. The third-order valence-corrected chi connectivity index (χ3v) is 3.07. The average molecular weight is 209 g/mol. The Labute approximate surface area is 88.1 Å². The lowest BCUT2D eigenvalue weighted by molar-refractivity contribution is -0.136. The van der Waals surface area contributed by atoms with E-state index in [2.05, 4.69) is 10.1 Å². The number of hydrogen-bond acceptors (Lipinski definition) is 4. The standard InChI is InChI=1S/C10H15N3O2/c1-13-9(11-7-12-13)6-8(14)10(15)4-2-3-5-10/h7,15H,2-6H2,1H3. The van der Waals surface area contributed by atoms with E-state index in [1.165, 1.54) is 6.33 Å². The Hall–Kier alpha value is -1.23. The number of nitrogens with zero attached hydrogens (tertiary/aromatic N) is 3. The Balaban J connectivity index is 2.07. The molecule has 0 atom stereocenters. The maximum absolute atomic E-state index is 11.9. The molecule has 0 saturated heterocycles. The quantitative estimate of drug-likeness (QED) is 0.773. The van der Waals surface area contributed by atoms with Crippen molar-refractivity contribution in [1.29, 1.82) is 0 Å². The molecule has 2 rings (SSSR count). The van der Waals surface area contributed by atoms with E-state index in [9.17, 15) is 9.90 Å². The smallest absolute Gasteiger partial charge is 0.171 e. The normalized spacial score (nSPS) is 19.3. The highest BCUT2D eigenvalue weighted by Crippen LogP contribution is 2.30. The molecule has 1 aromatic heterocycles. The van der Waals surface area contributed by atoms with Crippen molar-refractivity contribution in [2.24, 2.45) is 7.05 Å². The van der Waals surface area contributed by atoms with Gasteiger partial charge in [0.15, 0.2) is 5.78 Å². The van der Waals surface area contributed by atoms with E-state index in [0.717, 1.165) is 12.8 Å². The summed E-state index contributed by atoms with van der Waals surface area (Å²) < 4.78 is 1.57. The zero-order valence-electron chi connectivity index (χ0n) is 8.81. The molecule has 5 nitrogen and oxygen atoms in total. The lowest BCUT2D eigenvalue weighted by atomic mass is 9.94. The molecular weight excluding hydrogens is 194 g/mol. The van der Waals surface area contributed by atoms with Crippen molar-refractivity contribution in [2.45, 2.75) is 37.7 Å². The first-order valence-electron chi connectivity index (χ1n) is 5.20. The molecule has 82 valence electrons. The molecule has 0 aromatic carbocycles. The summed E-state index contributed by atoms with van der Waals surface area (Å²) in [5.74, 6) is 0.483. The zero-order chi connectivity index (χ0) is 10.9. The van der Waals surface area contributed by atoms with Crippen molar-refractivity contribution in [3.63, 3.8) is 0 Å².